The smallest absolute Gasteiger partial charge is 0.244 e. The largest absolute Gasteiger partial charge is 0.352 e. The maximum atomic E-state index is 12.8. The van der Waals surface area contributed by atoms with Gasteiger partial charge in [0.25, 0.3) is 0 Å². The molecule has 1 aromatic rings. The van der Waals surface area contributed by atoms with Gasteiger partial charge in [-0.1, -0.05) is 17.7 Å². The Balaban J connectivity index is 1.63. The maximum absolute atomic E-state index is 12.8. The van der Waals surface area contributed by atoms with Crippen LogP contribution in [0.5, 0.6) is 0 Å². The number of nitrogens with one attached hydrogen (secondary N) is 1. The van der Waals surface area contributed by atoms with E-state index in [1.807, 2.05) is 18.7 Å². The Morgan fingerprint density at radius 2 is 1.88 bits per heavy atom. The molecule has 1 saturated heterocycles. The molecule has 1 saturated carbocycles. The second-order valence-corrected chi connectivity index (χ2v) is 9.15. The lowest BCUT2D eigenvalue weighted by Crippen LogP contribution is -2.55. The van der Waals surface area contributed by atoms with Crippen LogP contribution in [0, 0.1) is 6.92 Å². The van der Waals surface area contributed by atoms with Gasteiger partial charge in [-0.15, -0.1) is 0 Å². The highest BCUT2D eigenvalue weighted by atomic mass is 35.5. The molecule has 6 nitrogen and oxygen atoms in total. The van der Waals surface area contributed by atoms with Crippen molar-refractivity contribution in [3.63, 3.8) is 0 Å². The molecule has 0 bridgehead atoms. The fourth-order valence-corrected chi connectivity index (χ4v) is 5.00. The summed E-state index contributed by atoms with van der Waals surface area (Å²) in [6.07, 6.45) is 2.11. The first kappa shape index (κ1) is 18.6. The second kappa shape index (κ2) is 7.23. The molecule has 1 amide bonds. The van der Waals surface area contributed by atoms with Crippen LogP contribution in [0.1, 0.15) is 25.3 Å². The predicted octanol–water partition coefficient (Wildman–Crippen LogP) is 1.62. The van der Waals surface area contributed by atoms with Crippen LogP contribution in [0.25, 0.3) is 0 Å². The Labute approximate surface area is 154 Å². The molecule has 2 aliphatic rings. The number of rotatable bonds is 5. The molecule has 1 heterocycles. The van der Waals surface area contributed by atoms with Crippen LogP contribution in [0.15, 0.2) is 23.1 Å². The molecule has 1 unspecified atom stereocenters. The zero-order valence-electron chi connectivity index (χ0n) is 14.5. The Morgan fingerprint density at radius 3 is 2.44 bits per heavy atom. The molecule has 1 atom stereocenters. The van der Waals surface area contributed by atoms with Crippen molar-refractivity contribution in [2.75, 3.05) is 26.2 Å². The third kappa shape index (κ3) is 4.16. The van der Waals surface area contributed by atoms with Crippen molar-refractivity contribution in [3.8, 4) is 0 Å². The van der Waals surface area contributed by atoms with Gasteiger partial charge in [-0.25, -0.2) is 8.42 Å². The first-order chi connectivity index (χ1) is 11.8. The quantitative estimate of drug-likeness (QED) is 0.836. The van der Waals surface area contributed by atoms with Gasteiger partial charge in [0.2, 0.25) is 15.9 Å². The lowest BCUT2D eigenvalue weighted by molar-refractivity contribution is -0.126. The number of carbonyl (C=O) groups excluding carboxylic acids is 1. The summed E-state index contributed by atoms with van der Waals surface area (Å²) in [6, 6.07) is 5.06. The Kier molecular flexibility index (Phi) is 5.39. The lowest BCUT2D eigenvalue weighted by Gasteiger charge is -2.36. The molecule has 2 fully saturated rings. The molecule has 0 spiro atoms. The summed E-state index contributed by atoms with van der Waals surface area (Å²) in [4.78, 5) is 14.3. The van der Waals surface area contributed by atoms with Crippen molar-refractivity contribution >= 4 is 27.5 Å². The van der Waals surface area contributed by atoms with Crippen molar-refractivity contribution < 1.29 is 13.2 Å². The third-order valence-corrected chi connectivity index (χ3v) is 7.21. The first-order valence-corrected chi connectivity index (χ1v) is 10.4. The minimum atomic E-state index is -3.61. The van der Waals surface area contributed by atoms with Crippen molar-refractivity contribution in [2.24, 2.45) is 0 Å². The van der Waals surface area contributed by atoms with Gasteiger partial charge in [-0.2, -0.15) is 4.31 Å². The standard InChI is InChI=1S/C17H24ClN3O3S/c1-12-3-6-16(15(18)11-12)25(23,24)21-9-7-20(8-10-21)13(2)17(22)19-14-4-5-14/h3,6,11,13-14H,4-5,7-10H2,1-2H3,(H,19,22). The fourth-order valence-electron chi connectivity index (χ4n) is 3.00. The molecular formula is C17H24ClN3O3S. The van der Waals surface area contributed by atoms with Crippen molar-refractivity contribution in [1.29, 1.82) is 0 Å². The zero-order chi connectivity index (χ0) is 18.2. The van der Waals surface area contributed by atoms with Gasteiger partial charge >= 0.3 is 0 Å². The van der Waals surface area contributed by atoms with Gasteiger partial charge in [0.1, 0.15) is 4.90 Å². The number of hydrogen-bond acceptors (Lipinski definition) is 4. The number of piperazine rings is 1. The molecule has 0 aromatic heterocycles. The van der Waals surface area contributed by atoms with E-state index in [0.29, 0.717) is 32.2 Å². The summed E-state index contributed by atoms with van der Waals surface area (Å²) in [7, 11) is -3.61. The van der Waals surface area contributed by atoms with E-state index in [9.17, 15) is 13.2 Å². The molecular weight excluding hydrogens is 362 g/mol. The summed E-state index contributed by atoms with van der Waals surface area (Å²) >= 11 is 6.14. The van der Waals surface area contributed by atoms with E-state index in [4.69, 9.17) is 11.6 Å². The van der Waals surface area contributed by atoms with Gasteiger partial charge in [-0.05, 0) is 44.4 Å². The predicted molar refractivity (Wildman–Crippen MR) is 97.1 cm³/mol. The summed E-state index contributed by atoms with van der Waals surface area (Å²) in [5.41, 5.74) is 0.921. The highest BCUT2D eigenvalue weighted by Crippen LogP contribution is 2.26. The van der Waals surface area contributed by atoms with Crippen LogP contribution in [-0.4, -0.2) is 61.8 Å². The average Bonchev–Trinajstić information content (AvgIpc) is 3.38. The SMILES string of the molecule is Cc1ccc(S(=O)(=O)N2CCN(C(C)C(=O)NC3CC3)CC2)c(Cl)c1. The molecule has 1 aliphatic heterocycles. The first-order valence-electron chi connectivity index (χ1n) is 8.60. The average molecular weight is 386 g/mol. The number of aryl methyl sites for hydroxylation is 1. The van der Waals surface area contributed by atoms with Gasteiger partial charge in [0.15, 0.2) is 0 Å². The molecule has 1 N–H and O–H groups in total. The second-order valence-electron chi connectivity index (χ2n) is 6.83. The summed E-state index contributed by atoms with van der Waals surface area (Å²) in [6.45, 7) is 5.51. The van der Waals surface area contributed by atoms with E-state index in [2.05, 4.69) is 5.32 Å². The van der Waals surface area contributed by atoms with Crippen LogP contribution in [-0.2, 0) is 14.8 Å². The molecule has 25 heavy (non-hydrogen) atoms. The zero-order valence-corrected chi connectivity index (χ0v) is 16.1. The fraction of sp³-hybridized carbons (Fsp3) is 0.588. The van der Waals surface area contributed by atoms with Crippen molar-refractivity contribution in [3.05, 3.63) is 28.8 Å². The molecule has 1 aliphatic carbocycles. The van der Waals surface area contributed by atoms with Crippen LogP contribution >= 0.6 is 11.6 Å². The topological polar surface area (TPSA) is 69.7 Å². The highest BCUT2D eigenvalue weighted by Gasteiger charge is 2.34. The summed E-state index contributed by atoms with van der Waals surface area (Å²) < 4.78 is 27.1. The Morgan fingerprint density at radius 1 is 1.24 bits per heavy atom. The summed E-state index contributed by atoms with van der Waals surface area (Å²) in [5.74, 6) is 0.0281. The van der Waals surface area contributed by atoms with Gasteiger partial charge in [-0.3, -0.25) is 9.69 Å². The number of sulfonamides is 1. The number of amides is 1. The van der Waals surface area contributed by atoms with E-state index in [-0.39, 0.29) is 21.9 Å². The van der Waals surface area contributed by atoms with E-state index < -0.39 is 10.0 Å². The van der Waals surface area contributed by atoms with E-state index in [0.717, 1.165) is 18.4 Å². The normalized spacial score (nSPS) is 21.1. The van der Waals surface area contributed by atoms with Crippen LogP contribution < -0.4 is 5.32 Å². The number of halogens is 1. The van der Waals surface area contributed by atoms with Crippen molar-refractivity contribution in [1.82, 2.24) is 14.5 Å². The molecule has 8 heteroatoms. The van der Waals surface area contributed by atoms with Crippen LogP contribution in [0.2, 0.25) is 5.02 Å². The molecule has 1 aromatic carbocycles. The number of carbonyl (C=O) groups is 1. The third-order valence-electron chi connectivity index (χ3n) is 4.83. The summed E-state index contributed by atoms with van der Waals surface area (Å²) in [5, 5.41) is 3.25. The Hall–Kier alpha value is -1.15. The molecule has 0 radical (unpaired) electrons. The molecule has 3 rings (SSSR count). The van der Waals surface area contributed by atoms with E-state index >= 15 is 0 Å². The number of hydrogen-bond donors (Lipinski definition) is 1. The number of benzene rings is 1. The monoisotopic (exact) mass is 385 g/mol. The van der Waals surface area contributed by atoms with Crippen LogP contribution in [0.3, 0.4) is 0 Å². The lowest BCUT2D eigenvalue weighted by atomic mass is 10.2. The van der Waals surface area contributed by atoms with E-state index in [1.165, 1.54) is 4.31 Å². The van der Waals surface area contributed by atoms with E-state index in [1.54, 1.807) is 18.2 Å². The minimum absolute atomic E-state index is 0.0281. The van der Waals surface area contributed by atoms with Crippen molar-refractivity contribution in [2.45, 2.75) is 43.7 Å². The number of nitrogens with zero attached hydrogens (tertiary/aromatic N) is 2. The van der Waals surface area contributed by atoms with Crippen LogP contribution in [0.4, 0.5) is 0 Å². The minimum Gasteiger partial charge on any atom is -0.352 e. The molecule has 138 valence electrons. The van der Waals surface area contributed by atoms with Gasteiger partial charge < -0.3 is 5.32 Å². The van der Waals surface area contributed by atoms with Gasteiger partial charge in [0, 0.05) is 32.2 Å². The maximum Gasteiger partial charge on any atom is 0.244 e. The van der Waals surface area contributed by atoms with Gasteiger partial charge in [0.05, 0.1) is 11.1 Å². The highest BCUT2D eigenvalue weighted by molar-refractivity contribution is 7.89. The Bertz CT molecular complexity index is 756.